The molecule has 2 heterocycles. The van der Waals surface area contributed by atoms with Gasteiger partial charge in [-0.1, -0.05) is 11.6 Å². The fourth-order valence-corrected chi connectivity index (χ4v) is 5.89. The van der Waals surface area contributed by atoms with Crippen LogP contribution in [0.4, 0.5) is 0 Å². The molecule has 1 aromatic carbocycles. The van der Waals surface area contributed by atoms with Crippen molar-refractivity contribution in [1.29, 1.82) is 0 Å². The first-order valence-corrected chi connectivity index (χ1v) is 10.4. The third kappa shape index (κ3) is 2.65. The van der Waals surface area contributed by atoms with Crippen LogP contribution in [0.1, 0.15) is 42.5 Å². The van der Waals surface area contributed by atoms with Crippen LogP contribution in [0.5, 0.6) is 5.75 Å². The number of piperidine rings is 1. The second-order valence-electron chi connectivity index (χ2n) is 8.66. The number of ether oxygens (including phenoxy) is 1. The van der Waals surface area contributed by atoms with Crippen LogP contribution in [0.3, 0.4) is 0 Å². The molecule has 2 aliphatic carbocycles. The molecule has 2 saturated carbocycles. The lowest BCUT2D eigenvalue weighted by molar-refractivity contribution is -0.137. The Bertz CT molecular complexity index is 879. The van der Waals surface area contributed by atoms with E-state index in [0.29, 0.717) is 54.6 Å². The smallest absolute Gasteiger partial charge is 0.226 e. The Hall–Kier alpha value is -2.08. The SMILES string of the molecule is NC(=O)C1CCN(C(=O)[C@@H]2[C@H]3CC[C@]4(CC(=O)c5cc(Cl)ccc5O4)[C@H]32)CC1. The van der Waals surface area contributed by atoms with E-state index in [-0.39, 0.29) is 35.4 Å². The number of halogens is 1. The minimum atomic E-state index is -0.561. The van der Waals surface area contributed by atoms with E-state index in [9.17, 15) is 14.4 Å². The zero-order chi connectivity index (χ0) is 19.6. The first kappa shape index (κ1) is 18.0. The van der Waals surface area contributed by atoms with E-state index in [2.05, 4.69) is 0 Å². The maximum Gasteiger partial charge on any atom is 0.226 e. The number of Topliss-reactive ketones (excluding diaryl/α,β-unsaturated/α-hetero) is 1. The van der Waals surface area contributed by atoms with Crippen molar-refractivity contribution in [2.24, 2.45) is 29.4 Å². The maximum absolute atomic E-state index is 13.1. The van der Waals surface area contributed by atoms with Crippen molar-refractivity contribution in [2.45, 2.75) is 37.7 Å². The van der Waals surface area contributed by atoms with Gasteiger partial charge < -0.3 is 15.4 Å². The summed E-state index contributed by atoms with van der Waals surface area (Å²) in [5, 5.41) is 0.523. The number of rotatable bonds is 2. The molecule has 1 spiro atoms. The first-order chi connectivity index (χ1) is 13.4. The van der Waals surface area contributed by atoms with Crippen LogP contribution < -0.4 is 10.5 Å². The summed E-state index contributed by atoms with van der Waals surface area (Å²) in [6.45, 7) is 1.16. The average Bonchev–Trinajstić information content (AvgIpc) is 3.32. The lowest BCUT2D eigenvalue weighted by Crippen LogP contribution is -2.46. The molecule has 2 N–H and O–H groups in total. The largest absolute Gasteiger partial charge is 0.486 e. The van der Waals surface area contributed by atoms with Crippen LogP contribution >= 0.6 is 11.6 Å². The number of hydrogen-bond donors (Lipinski definition) is 1. The summed E-state index contributed by atoms with van der Waals surface area (Å²) < 4.78 is 6.36. The molecule has 0 aromatic heterocycles. The number of ketones is 1. The third-order valence-electron chi connectivity index (χ3n) is 7.19. The number of nitrogens with zero attached hydrogens (tertiary/aromatic N) is 1. The summed E-state index contributed by atoms with van der Waals surface area (Å²) in [6.07, 6.45) is 3.31. The number of benzene rings is 1. The molecule has 4 atom stereocenters. The van der Waals surface area contributed by atoms with E-state index < -0.39 is 5.60 Å². The van der Waals surface area contributed by atoms with Crippen molar-refractivity contribution < 1.29 is 19.1 Å². The molecule has 5 rings (SSSR count). The van der Waals surface area contributed by atoms with E-state index in [4.69, 9.17) is 22.1 Å². The lowest BCUT2D eigenvalue weighted by Gasteiger charge is -2.38. The van der Waals surface area contributed by atoms with E-state index in [1.165, 1.54) is 0 Å². The van der Waals surface area contributed by atoms with Crippen LogP contribution in [0, 0.1) is 23.7 Å². The summed E-state index contributed by atoms with van der Waals surface area (Å²) in [7, 11) is 0. The van der Waals surface area contributed by atoms with Crippen LogP contribution in [0.25, 0.3) is 0 Å². The van der Waals surface area contributed by atoms with Gasteiger partial charge in [0.05, 0.1) is 12.0 Å². The quantitative estimate of drug-likeness (QED) is 0.822. The summed E-state index contributed by atoms with van der Waals surface area (Å²) in [5.41, 5.74) is 5.37. The summed E-state index contributed by atoms with van der Waals surface area (Å²) in [6, 6.07) is 5.16. The molecule has 148 valence electrons. The van der Waals surface area contributed by atoms with Crippen LogP contribution in [0.2, 0.25) is 5.02 Å². The van der Waals surface area contributed by atoms with Gasteiger partial charge in [0.15, 0.2) is 5.78 Å². The zero-order valence-electron chi connectivity index (χ0n) is 15.5. The minimum Gasteiger partial charge on any atom is -0.486 e. The van der Waals surface area contributed by atoms with Crippen LogP contribution in [0.15, 0.2) is 18.2 Å². The molecule has 28 heavy (non-hydrogen) atoms. The second-order valence-corrected chi connectivity index (χ2v) is 9.10. The Morgan fingerprint density at radius 1 is 1.21 bits per heavy atom. The topological polar surface area (TPSA) is 89.7 Å². The fourth-order valence-electron chi connectivity index (χ4n) is 5.72. The van der Waals surface area contributed by atoms with E-state index in [0.717, 1.165) is 12.8 Å². The Morgan fingerprint density at radius 3 is 2.68 bits per heavy atom. The van der Waals surface area contributed by atoms with Crippen LogP contribution in [-0.4, -0.2) is 41.2 Å². The highest BCUT2D eigenvalue weighted by atomic mass is 35.5. The number of hydrogen-bond acceptors (Lipinski definition) is 4. The van der Waals surface area contributed by atoms with Gasteiger partial charge in [-0.15, -0.1) is 0 Å². The molecule has 0 unspecified atom stereocenters. The molecule has 0 radical (unpaired) electrons. The standard InChI is InChI=1S/C21H23ClN2O4/c22-12-1-2-16-14(9-12)15(25)10-21(28-16)6-3-13-17(18(13)21)20(27)24-7-4-11(5-8-24)19(23)26/h1-2,9,11,13,17-18H,3-8,10H2,(H2,23,26)/t13-,17-,18-,21+/m1/s1. The Kier molecular flexibility index (Phi) is 3.99. The second kappa shape index (κ2) is 6.21. The van der Waals surface area contributed by atoms with Gasteiger partial charge in [-0.25, -0.2) is 0 Å². The van der Waals surface area contributed by atoms with Crippen molar-refractivity contribution in [3.63, 3.8) is 0 Å². The number of likely N-dealkylation sites (tertiary alicyclic amines) is 1. The fraction of sp³-hybridized carbons (Fsp3) is 0.571. The van der Waals surface area contributed by atoms with Crippen molar-refractivity contribution in [3.05, 3.63) is 28.8 Å². The Morgan fingerprint density at radius 2 is 1.96 bits per heavy atom. The van der Waals surface area contributed by atoms with E-state index in [1.807, 2.05) is 4.90 Å². The lowest BCUT2D eigenvalue weighted by atomic mass is 9.84. The van der Waals surface area contributed by atoms with Crippen LogP contribution in [-0.2, 0) is 9.59 Å². The number of amides is 2. The van der Waals surface area contributed by atoms with Crippen molar-refractivity contribution >= 4 is 29.2 Å². The highest BCUT2D eigenvalue weighted by Gasteiger charge is 2.71. The molecule has 7 heteroatoms. The van der Waals surface area contributed by atoms with Crippen molar-refractivity contribution in [1.82, 2.24) is 4.90 Å². The average molecular weight is 403 g/mol. The van der Waals surface area contributed by atoms with Gasteiger partial charge in [-0.2, -0.15) is 0 Å². The highest BCUT2D eigenvalue weighted by Crippen LogP contribution is 2.66. The minimum absolute atomic E-state index is 0.0461. The molecule has 2 aliphatic heterocycles. The predicted molar refractivity (Wildman–Crippen MR) is 102 cm³/mol. The number of nitrogens with two attached hydrogens (primary N) is 1. The zero-order valence-corrected chi connectivity index (χ0v) is 16.3. The van der Waals surface area contributed by atoms with Gasteiger partial charge in [-0.3, -0.25) is 14.4 Å². The van der Waals surface area contributed by atoms with Gasteiger partial charge >= 0.3 is 0 Å². The maximum atomic E-state index is 13.1. The third-order valence-corrected chi connectivity index (χ3v) is 7.42. The molecule has 6 nitrogen and oxygen atoms in total. The Balaban J connectivity index is 1.32. The molecular formula is C21H23ClN2O4. The molecule has 3 fully saturated rings. The van der Waals surface area contributed by atoms with Gasteiger partial charge in [0.25, 0.3) is 0 Å². The van der Waals surface area contributed by atoms with Crippen molar-refractivity contribution in [3.8, 4) is 5.75 Å². The monoisotopic (exact) mass is 402 g/mol. The summed E-state index contributed by atoms with van der Waals surface area (Å²) in [4.78, 5) is 39.1. The number of carbonyl (C=O) groups excluding carboxylic acids is 3. The van der Waals surface area contributed by atoms with Gasteiger partial charge in [0, 0.05) is 35.9 Å². The van der Waals surface area contributed by atoms with Gasteiger partial charge in [-0.05, 0) is 49.8 Å². The highest BCUT2D eigenvalue weighted by molar-refractivity contribution is 6.31. The summed E-state index contributed by atoms with van der Waals surface area (Å²) in [5.74, 6) is 0.700. The number of fused-ring (bicyclic) bond motifs is 3. The molecule has 2 amide bonds. The van der Waals surface area contributed by atoms with Crippen molar-refractivity contribution in [2.75, 3.05) is 13.1 Å². The van der Waals surface area contributed by atoms with E-state index in [1.54, 1.807) is 18.2 Å². The molecular weight excluding hydrogens is 380 g/mol. The first-order valence-electron chi connectivity index (χ1n) is 9.99. The number of primary amides is 1. The van der Waals surface area contributed by atoms with Gasteiger partial charge in [0.2, 0.25) is 11.8 Å². The van der Waals surface area contributed by atoms with E-state index >= 15 is 0 Å². The van der Waals surface area contributed by atoms with Gasteiger partial charge in [0.1, 0.15) is 11.4 Å². The molecule has 1 saturated heterocycles. The molecule has 4 aliphatic rings. The number of carbonyl (C=O) groups is 3. The summed E-state index contributed by atoms with van der Waals surface area (Å²) >= 11 is 6.02. The molecule has 1 aromatic rings. The Labute approximate surface area is 168 Å². The normalized spacial score (nSPS) is 34.0. The molecule has 0 bridgehead atoms. The predicted octanol–water partition coefficient (Wildman–Crippen LogP) is 2.42.